The molecule has 8 heteroatoms. The van der Waals surface area contributed by atoms with Gasteiger partial charge in [-0.05, 0) is 17.5 Å². The van der Waals surface area contributed by atoms with Gasteiger partial charge in [-0.3, -0.25) is 4.79 Å². The summed E-state index contributed by atoms with van der Waals surface area (Å²) in [7, 11) is 2.68. The maximum atomic E-state index is 11.8. The molecular weight excluding hydrogens is 282 g/mol. The second-order valence-corrected chi connectivity index (χ2v) is 5.50. The standard InChI is InChI=1S/C12H17N3O4S/c1-6-4-15(5-7(6)11(16)18-2)10-8(12(17)19-3)9(13)14-20-10/h6-7H,4-5H2,1-3H3,(H2,13,14). The zero-order valence-corrected chi connectivity index (χ0v) is 12.4. The summed E-state index contributed by atoms with van der Waals surface area (Å²) >= 11 is 1.14. The number of nitrogen functional groups attached to an aromatic ring is 1. The van der Waals surface area contributed by atoms with Crippen LogP contribution < -0.4 is 10.6 Å². The van der Waals surface area contributed by atoms with E-state index in [4.69, 9.17) is 15.2 Å². The Kier molecular flexibility index (Phi) is 4.12. The molecule has 2 rings (SSSR count). The summed E-state index contributed by atoms with van der Waals surface area (Å²) in [4.78, 5) is 25.4. The quantitative estimate of drug-likeness (QED) is 0.823. The monoisotopic (exact) mass is 299 g/mol. The van der Waals surface area contributed by atoms with Crippen molar-refractivity contribution in [3.05, 3.63) is 5.56 Å². The number of ether oxygens (including phenoxy) is 2. The molecule has 110 valence electrons. The van der Waals surface area contributed by atoms with Gasteiger partial charge in [-0.15, -0.1) is 0 Å². The second-order valence-electron chi connectivity index (χ2n) is 4.75. The number of carbonyl (C=O) groups is 2. The Labute approximate surface area is 120 Å². The molecule has 2 N–H and O–H groups in total. The first-order valence-electron chi connectivity index (χ1n) is 6.15. The Balaban J connectivity index is 2.26. The highest BCUT2D eigenvalue weighted by Crippen LogP contribution is 2.36. The molecule has 1 aromatic heterocycles. The van der Waals surface area contributed by atoms with E-state index in [1.165, 1.54) is 14.2 Å². The highest BCUT2D eigenvalue weighted by Gasteiger charge is 2.38. The molecule has 20 heavy (non-hydrogen) atoms. The van der Waals surface area contributed by atoms with Gasteiger partial charge in [0.25, 0.3) is 0 Å². The molecular formula is C12H17N3O4S. The first-order chi connectivity index (χ1) is 9.49. The minimum Gasteiger partial charge on any atom is -0.469 e. The molecule has 0 bridgehead atoms. The van der Waals surface area contributed by atoms with Crippen LogP contribution in [-0.4, -0.2) is 43.6 Å². The Morgan fingerprint density at radius 1 is 1.35 bits per heavy atom. The second kappa shape index (κ2) is 5.66. The van der Waals surface area contributed by atoms with Gasteiger partial charge in [0.05, 0.1) is 20.1 Å². The third-order valence-electron chi connectivity index (χ3n) is 3.49. The number of nitrogens with zero attached hydrogens (tertiary/aromatic N) is 2. The highest BCUT2D eigenvalue weighted by molar-refractivity contribution is 7.11. The number of anilines is 2. The van der Waals surface area contributed by atoms with Gasteiger partial charge in [0.15, 0.2) is 5.82 Å². The van der Waals surface area contributed by atoms with E-state index in [-0.39, 0.29) is 29.2 Å². The summed E-state index contributed by atoms with van der Waals surface area (Å²) in [6.45, 7) is 3.11. The summed E-state index contributed by atoms with van der Waals surface area (Å²) in [6.07, 6.45) is 0. The van der Waals surface area contributed by atoms with Crippen LogP contribution in [0.1, 0.15) is 17.3 Å². The fraction of sp³-hybridized carbons (Fsp3) is 0.583. The van der Waals surface area contributed by atoms with Gasteiger partial charge in [0.2, 0.25) is 0 Å². The van der Waals surface area contributed by atoms with Gasteiger partial charge in [0.1, 0.15) is 10.6 Å². The van der Waals surface area contributed by atoms with Crippen LogP contribution in [-0.2, 0) is 14.3 Å². The van der Waals surface area contributed by atoms with Gasteiger partial charge in [-0.25, -0.2) is 4.79 Å². The fourth-order valence-corrected chi connectivity index (χ4v) is 3.21. The highest BCUT2D eigenvalue weighted by atomic mass is 32.1. The van der Waals surface area contributed by atoms with E-state index in [0.29, 0.717) is 18.1 Å². The lowest BCUT2D eigenvalue weighted by atomic mass is 9.99. The van der Waals surface area contributed by atoms with Crippen molar-refractivity contribution in [1.29, 1.82) is 0 Å². The first kappa shape index (κ1) is 14.6. The van der Waals surface area contributed by atoms with Crippen molar-refractivity contribution in [2.75, 3.05) is 37.9 Å². The van der Waals surface area contributed by atoms with Crippen molar-refractivity contribution < 1.29 is 19.1 Å². The predicted octanol–water partition coefficient (Wildman–Crippen LogP) is 0.757. The van der Waals surface area contributed by atoms with E-state index in [9.17, 15) is 9.59 Å². The average Bonchev–Trinajstić information content (AvgIpc) is 3.00. The van der Waals surface area contributed by atoms with E-state index in [0.717, 1.165) is 11.5 Å². The number of methoxy groups -OCH3 is 2. The van der Waals surface area contributed by atoms with Gasteiger partial charge in [0, 0.05) is 13.1 Å². The van der Waals surface area contributed by atoms with E-state index < -0.39 is 5.97 Å². The van der Waals surface area contributed by atoms with Crippen molar-refractivity contribution in [2.24, 2.45) is 11.8 Å². The van der Waals surface area contributed by atoms with Crippen LogP contribution in [0.25, 0.3) is 0 Å². The molecule has 0 amide bonds. The Morgan fingerprint density at radius 3 is 2.65 bits per heavy atom. The number of nitrogens with two attached hydrogens (primary N) is 1. The van der Waals surface area contributed by atoms with Crippen LogP contribution in [0.3, 0.4) is 0 Å². The molecule has 0 aliphatic carbocycles. The number of hydrogen-bond acceptors (Lipinski definition) is 8. The van der Waals surface area contributed by atoms with Crippen LogP contribution in [0.2, 0.25) is 0 Å². The minimum absolute atomic E-state index is 0.135. The molecule has 1 aliphatic rings. The van der Waals surface area contributed by atoms with Crippen LogP contribution in [0, 0.1) is 11.8 Å². The van der Waals surface area contributed by atoms with Crippen LogP contribution in [0.15, 0.2) is 0 Å². The smallest absolute Gasteiger partial charge is 0.344 e. The SMILES string of the molecule is COC(=O)c1c(N)nsc1N1CC(C)C(C(=O)OC)C1. The Morgan fingerprint density at radius 2 is 2.05 bits per heavy atom. The fourth-order valence-electron chi connectivity index (χ4n) is 2.39. The molecule has 0 radical (unpaired) electrons. The maximum Gasteiger partial charge on any atom is 0.344 e. The number of aromatic nitrogens is 1. The summed E-state index contributed by atoms with van der Waals surface area (Å²) in [6, 6.07) is 0. The summed E-state index contributed by atoms with van der Waals surface area (Å²) in [5.41, 5.74) is 5.99. The van der Waals surface area contributed by atoms with Crippen LogP contribution in [0.4, 0.5) is 10.8 Å². The molecule has 0 saturated carbocycles. The lowest BCUT2D eigenvalue weighted by molar-refractivity contribution is -0.145. The molecule has 2 unspecified atom stereocenters. The molecule has 7 nitrogen and oxygen atoms in total. The molecule has 2 atom stereocenters. The molecule has 2 heterocycles. The number of rotatable bonds is 3. The van der Waals surface area contributed by atoms with E-state index >= 15 is 0 Å². The topological polar surface area (TPSA) is 94.8 Å². The third kappa shape index (κ3) is 2.43. The summed E-state index contributed by atoms with van der Waals surface area (Å²) < 4.78 is 13.5. The number of carbonyl (C=O) groups excluding carboxylic acids is 2. The Bertz CT molecular complexity index is 531. The van der Waals surface area contributed by atoms with Gasteiger partial charge in [-0.2, -0.15) is 4.37 Å². The average molecular weight is 299 g/mol. The maximum absolute atomic E-state index is 11.8. The van der Waals surface area contributed by atoms with Crippen LogP contribution >= 0.6 is 11.5 Å². The zero-order chi connectivity index (χ0) is 14.9. The summed E-state index contributed by atoms with van der Waals surface area (Å²) in [5.74, 6) is -0.673. The lowest BCUT2D eigenvalue weighted by Crippen LogP contribution is -2.25. The van der Waals surface area contributed by atoms with Crippen molar-refractivity contribution >= 4 is 34.3 Å². The van der Waals surface area contributed by atoms with E-state index in [1.54, 1.807) is 0 Å². The van der Waals surface area contributed by atoms with Crippen molar-refractivity contribution in [2.45, 2.75) is 6.92 Å². The molecule has 1 fully saturated rings. The molecule has 1 aromatic rings. The zero-order valence-electron chi connectivity index (χ0n) is 11.6. The van der Waals surface area contributed by atoms with Crippen molar-refractivity contribution in [3.8, 4) is 0 Å². The van der Waals surface area contributed by atoms with Gasteiger partial charge in [-0.1, -0.05) is 6.92 Å². The minimum atomic E-state index is -0.513. The van der Waals surface area contributed by atoms with Gasteiger partial charge >= 0.3 is 11.9 Å². The number of hydrogen-bond donors (Lipinski definition) is 1. The lowest BCUT2D eigenvalue weighted by Gasteiger charge is -2.16. The predicted molar refractivity (Wildman–Crippen MR) is 74.7 cm³/mol. The molecule has 1 saturated heterocycles. The molecule has 1 aliphatic heterocycles. The van der Waals surface area contributed by atoms with Crippen LogP contribution in [0.5, 0.6) is 0 Å². The number of esters is 2. The van der Waals surface area contributed by atoms with Crippen molar-refractivity contribution in [1.82, 2.24) is 4.37 Å². The van der Waals surface area contributed by atoms with E-state index in [1.807, 2.05) is 11.8 Å². The van der Waals surface area contributed by atoms with Gasteiger partial charge < -0.3 is 20.1 Å². The third-order valence-corrected chi connectivity index (χ3v) is 4.42. The largest absolute Gasteiger partial charge is 0.469 e. The molecule has 0 aromatic carbocycles. The first-order valence-corrected chi connectivity index (χ1v) is 6.93. The summed E-state index contributed by atoms with van der Waals surface area (Å²) in [5, 5.41) is 0.646. The van der Waals surface area contributed by atoms with E-state index in [2.05, 4.69) is 4.37 Å². The van der Waals surface area contributed by atoms with Crippen molar-refractivity contribution in [3.63, 3.8) is 0 Å². The normalized spacial score (nSPS) is 21.9. The Hall–Kier alpha value is -1.83. The molecule has 0 spiro atoms.